The van der Waals surface area contributed by atoms with Crippen LogP contribution < -0.4 is 5.32 Å². The summed E-state index contributed by atoms with van der Waals surface area (Å²) in [6.45, 7) is 0.780. The molecule has 0 amide bonds. The van der Waals surface area contributed by atoms with Gasteiger partial charge < -0.3 is 15.0 Å². The molecule has 5 rings (SSSR count). The number of ether oxygens (including phenoxy) is 1. The lowest BCUT2D eigenvalue weighted by Gasteiger charge is -2.36. The second-order valence-electron chi connectivity index (χ2n) is 6.53. The van der Waals surface area contributed by atoms with Crippen LogP contribution in [0.4, 0.5) is 5.69 Å². The van der Waals surface area contributed by atoms with Crippen molar-refractivity contribution in [3.63, 3.8) is 0 Å². The molecule has 0 unspecified atom stereocenters. The summed E-state index contributed by atoms with van der Waals surface area (Å²) in [5.74, 6) is 0.383. The molecule has 24 heavy (non-hydrogen) atoms. The lowest BCUT2D eigenvalue weighted by atomic mass is 9.81. The molecule has 3 heterocycles. The molecule has 3 aromatic rings. The van der Waals surface area contributed by atoms with Crippen molar-refractivity contribution in [2.45, 2.75) is 18.6 Å². The molecule has 5 heteroatoms. The maximum atomic E-state index is 6.22. The van der Waals surface area contributed by atoms with E-state index in [2.05, 4.69) is 16.5 Å². The first-order chi connectivity index (χ1) is 11.7. The zero-order chi connectivity index (χ0) is 16.3. The smallest absolute Gasteiger partial charge is 0.0897 e. The minimum absolute atomic E-state index is 0.0917. The molecule has 1 saturated heterocycles. The molecule has 0 bridgehead atoms. The van der Waals surface area contributed by atoms with Crippen LogP contribution in [0.3, 0.4) is 0 Å². The number of aromatic nitrogens is 1. The standard InChI is InChI=1S/C19H16Cl2N2O/c20-10-1-3-16-13(7-10)15(9-22-16)18-12-5-6-24-19(12)14-8-11(21)2-4-17(14)23-18/h1-4,7-9,12,18-19,22-23H,5-6H2/t12-,18+,19-/m0/s1. The van der Waals surface area contributed by atoms with Crippen molar-refractivity contribution < 1.29 is 4.74 Å². The molecule has 3 nitrogen and oxygen atoms in total. The van der Waals surface area contributed by atoms with E-state index in [1.807, 2.05) is 36.4 Å². The maximum absolute atomic E-state index is 6.22. The fourth-order valence-electron chi connectivity index (χ4n) is 4.12. The Morgan fingerprint density at radius 1 is 1.00 bits per heavy atom. The van der Waals surface area contributed by atoms with Crippen LogP contribution >= 0.6 is 23.2 Å². The van der Waals surface area contributed by atoms with E-state index in [1.54, 1.807) is 0 Å². The zero-order valence-electron chi connectivity index (χ0n) is 12.9. The second-order valence-corrected chi connectivity index (χ2v) is 7.40. The van der Waals surface area contributed by atoms with Crippen molar-refractivity contribution >= 4 is 39.8 Å². The number of hydrogen-bond donors (Lipinski definition) is 2. The predicted octanol–water partition coefficient (Wildman–Crippen LogP) is 5.72. The van der Waals surface area contributed by atoms with Crippen molar-refractivity contribution in [2.75, 3.05) is 11.9 Å². The van der Waals surface area contributed by atoms with E-state index in [-0.39, 0.29) is 12.1 Å². The number of rotatable bonds is 1. The summed E-state index contributed by atoms with van der Waals surface area (Å²) in [5, 5.41) is 6.38. The molecule has 2 aromatic carbocycles. The van der Waals surface area contributed by atoms with Gasteiger partial charge in [-0.1, -0.05) is 23.2 Å². The number of anilines is 1. The highest BCUT2D eigenvalue weighted by Crippen LogP contribution is 2.51. The Kier molecular flexibility index (Phi) is 3.30. The SMILES string of the molecule is Clc1ccc2c(c1)[C@H]1OCC[C@H]1[C@H](c1c[nH]c3ccc(Cl)cc13)N2. The molecule has 2 aliphatic rings. The average molecular weight is 359 g/mol. The van der Waals surface area contributed by atoms with Crippen LogP contribution in [0.2, 0.25) is 10.0 Å². The third kappa shape index (κ3) is 2.16. The minimum atomic E-state index is 0.0917. The van der Waals surface area contributed by atoms with Crippen molar-refractivity contribution in [1.29, 1.82) is 0 Å². The van der Waals surface area contributed by atoms with E-state index in [0.717, 1.165) is 34.3 Å². The Morgan fingerprint density at radius 2 is 1.83 bits per heavy atom. The van der Waals surface area contributed by atoms with E-state index < -0.39 is 0 Å². The van der Waals surface area contributed by atoms with Gasteiger partial charge in [-0.3, -0.25) is 0 Å². The van der Waals surface area contributed by atoms with Gasteiger partial charge in [-0.05, 0) is 42.8 Å². The van der Waals surface area contributed by atoms with Gasteiger partial charge in [0.15, 0.2) is 0 Å². The number of fused-ring (bicyclic) bond motifs is 4. The third-order valence-corrected chi connectivity index (χ3v) is 5.68. The summed E-state index contributed by atoms with van der Waals surface area (Å²) in [4.78, 5) is 3.37. The predicted molar refractivity (Wildman–Crippen MR) is 97.9 cm³/mol. The molecule has 1 fully saturated rings. The van der Waals surface area contributed by atoms with Gasteiger partial charge in [-0.15, -0.1) is 0 Å². The van der Waals surface area contributed by atoms with E-state index >= 15 is 0 Å². The van der Waals surface area contributed by atoms with E-state index in [1.165, 1.54) is 16.5 Å². The van der Waals surface area contributed by atoms with Crippen LogP contribution in [-0.2, 0) is 4.74 Å². The number of hydrogen-bond acceptors (Lipinski definition) is 2. The lowest BCUT2D eigenvalue weighted by molar-refractivity contribution is 0.0830. The summed E-state index contributed by atoms with van der Waals surface area (Å²) in [5.41, 5.74) is 4.62. The van der Waals surface area contributed by atoms with Gasteiger partial charge >= 0.3 is 0 Å². The first kappa shape index (κ1) is 14.6. The second kappa shape index (κ2) is 5.41. The fraction of sp³-hybridized carbons (Fsp3) is 0.263. The number of nitrogens with one attached hydrogen (secondary N) is 2. The highest BCUT2D eigenvalue weighted by molar-refractivity contribution is 6.31. The van der Waals surface area contributed by atoms with Crippen LogP contribution in [0, 0.1) is 5.92 Å². The van der Waals surface area contributed by atoms with Crippen LogP contribution in [0.15, 0.2) is 42.6 Å². The van der Waals surface area contributed by atoms with Gasteiger partial charge in [0.05, 0.1) is 12.1 Å². The van der Waals surface area contributed by atoms with Crippen molar-refractivity contribution in [2.24, 2.45) is 5.92 Å². The Hall–Kier alpha value is -1.68. The Balaban J connectivity index is 1.65. The molecule has 3 atom stereocenters. The van der Waals surface area contributed by atoms with Gasteiger partial charge in [-0.2, -0.15) is 0 Å². The molecule has 0 spiro atoms. The fourth-order valence-corrected chi connectivity index (χ4v) is 4.48. The topological polar surface area (TPSA) is 37.0 Å². The Morgan fingerprint density at radius 3 is 2.75 bits per heavy atom. The van der Waals surface area contributed by atoms with E-state index in [4.69, 9.17) is 27.9 Å². The summed E-state index contributed by atoms with van der Waals surface area (Å²) >= 11 is 12.4. The molecular formula is C19H16Cl2N2O. The Labute approximate surface area is 149 Å². The van der Waals surface area contributed by atoms with Gasteiger partial charge in [0.25, 0.3) is 0 Å². The van der Waals surface area contributed by atoms with Gasteiger partial charge in [0, 0.05) is 56.5 Å². The monoisotopic (exact) mass is 358 g/mol. The third-order valence-electron chi connectivity index (χ3n) is 5.21. The molecule has 0 radical (unpaired) electrons. The van der Waals surface area contributed by atoms with Gasteiger partial charge in [-0.25, -0.2) is 0 Å². The molecule has 2 N–H and O–H groups in total. The highest BCUT2D eigenvalue weighted by atomic mass is 35.5. The average Bonchev–Trinajstić information content (AvgIpc) is 3.21. The molecular weight excluding hydrogens is 343 g/mol. The summed E-state index contributed by atoms with van der Waals surface area (Å²) in [6, 6.07) is 12.2. The quantitative estimate of drug-likeness (QED) is 0.583. The number of H-pyrrole nitrogens is 1. The van der Waals surface area contributed by atoms with Crippen LogP contribution in [0.25, 0.3) is 10.9 Å². The maximum Gasteiger partial charge on any atom is 0.0897 e. The number of halogens is 2. The molecule has 1 aromatic heterocycles. The molecule has 0 aliphatic carbocycles. The normalized spacial score (nSPS) is 25.3. The highest BCUT2D eigenvalue weighted by Gasteiger charge is 2.42. The Bertz CT molecular complexity index is 936. The van der Waals surface area contributed by atoms with Crippen LogP contribution in [0.1, 0.15) is 29.7 Å². The van der Waals surface area contributed by atoms with E-state index in [9.17, 15) is 0 Å². The molecule has 122 valence electrons. The molecule has 0 saturated carbocycles. The van der Waals surface area contributed by atoms with Crippen LogP contribution in [-0.4, -0.2) is 11.6 Å². The first-order valence-electron chi connectivity index (χ1n) is 8.15. The van der Waals surface area contributed by atoms with Gasteiger partial charge in [0.1, 0.15) is 0 Å². The van der Waals surface area contributed by atoms with Gasteiger partial charge in [0.2, 0.25) is 0 Å². The number of aromatic amines is 1. The lowest BCUT2D eigenvalue weighted by Crippen LogP contribution is -2.29. The minimum Gasteiger partial charge on any atom is -0.377 e. The van der Waals surface area contributed by atoms with Crippen molar-refractivity contribution in [3.05, 3.63) is 63.8 Å². The first-order valence-corrected chi connectivity index (χ1v) is 8.90. The summed E-state index contributed by atoms with van der Waals surface area (Å²) in [6.07, 6.45) is 3.21. The summed E-state index contributed by atoms with van der Waals surface area (Å²) < 4.78 is 6.07. The number of benzene rings is 2. The van der Waals surface area contributed by atoms with Crippen molar-refractivity contribution in [3.8, 4) is 0 Å². The molecule has 2 aliphatic heterocycles. The van der Waals surface area contributed by atoms with Crippen LogP contribution in [0.5, 0.6) is 0 Å². The summed E-state index contributed by atoms with van der Waals surface area (Å²) in [7, 11) is 0. The zero-order valence-corrected chi connectivity index (χ0v) is 14.4. The van der Waals surface area contributed by atoms with E-state index in [0.29, 0.717) is 5.92 Å². The van der Waals surface area contributed by atoms with Crippen molar-refractivity contribution in [1.82, 2.24) is 4.98 Å². The largest absolute Gasteiger partial charge is 0.377 e.